The van der Waals surface area contributed by atoms with Crippen molar-refractivity contribution in [3.05, 3.63) is 58.9 Å². The molecule has 28 heavy (non-hydrogen) atoms. The van der Waals surface area contributed by atoms with Crippen molar-refractivity contribution >= 4 is 27.5 Å². The number of halogens is 1. The van der Waals surface area contributed by atoms with Gasteiger partial charge in [0.15, 0.2) is 12.4 Å². The van der Waals surface area contributed by atoms with Crippen molar-refractivity contribution in [2.75, 3.05) is 30.8 Å². The lowest BCUT2D eigenvalue weighted by atomic mass is 10.1. The molecule has 0 unspecified atom stereocenters. The third-order valence-electron chi connectivity index (χ3n) is 4.39. The lowest BCUT2D eigenvalue weighted by Gasteiger charge is -2.16. The average molecular weight is 407 g/mol. The van der Waals surface area contributed by atoms with Crippen molar-refractivity contribution in [1.82, 2.24) is 0 Å². The van der Waals surface area contributed by atoms with Crippen LogP contribution >= 0.6 is 0 Å². The highest BCUT2D eigenvalue weighted by Gasteiger charge is 2.27. The Morgan fingerprint density at radius 2 is 1.93 bits per heavy atom. The predicted octanol–water partition coefficient (Wildman–Crippen LogP) is 2.20. The molecule has 0 atom stereocenters. The van der Waals surface area contributed by atoms with Gasteiger partial charge in [0.05, 0.1) is 24.6 Å². The van der Waals surface area contributed by atoms with E-state index in [9.17, 15) is 22.4 Å². The first-order chi connectivity index (χ1) is 13.2. The van der Waals surface area contributed by atoms with Gasteiger partial charge < -0.3 is 9.47 Å². The number of carbonyl (C=O) groups is 2. The molecule has 0 radical (unpaired) electrons. The van der Waals surface area contributed by atoms with Crippen LogP contribution in [0.3, 0.4) is 0 Å². The number of ether oxygens (including phenoxy) is 2. The zero-order valence-electron chi connectivity index (χ0n) is 15.3. The second-order valence-electron chi connectivity index (χ2n) is 6.27. The number of rotatable bonds is 6. The van der Waals surface area contributed by atoms with E-state index in [2.05, 4.69) is 0 Å². The van der Waals surface area contributed by atoms with Gasteiger partial charge in [-0.05, 0) is 42.3 Å². The molecule has 9 heteroatoms. The monoisotopic (exact) mass is 407 g/mol. The molecule has 2 aromatic rings. The van der Waals surface area contributed by atoms with E-state index >= 15 is 0 Å². The van der Waals surface area contributed by atoms with Gasteiger partial charge in [0.25, 0.3) is 0 Å². The molecule has 0 aromatic heterocycles. The number of esters is 1. The Hall–Kier alpha value is -2.94. The number of hydrogen-bond donors (Lipinski definition) is 0. The van der Waals surface area contributed by atoms with Crippen LogP contribution in [0.5, 0.6) is 5.75 Å². The van der Waals surface area contributed by atoms with Crippen molar-refractivity contribution in [1.29, 1.82) is 0 Å². The van der Waals surface area contributed by atoms with Crippen LogP contribution in [-0.2, 0) is 21.2 Å². The molecule has 0 aliphatic carbocycles. The molecular formula is C19H18FNO6S. The number of methoxy groups -OCH3 is 1. The number of carbonyl (C=O) groups excluding carboxylic acids is 2. The first kappa shape index (κ1) is 19.8. The predicted molar refractivity (Wildman–Crippen MR) is 99.9 cm³/mol. The third-order valence-corrected chi connectivity index (χ3v) is 5.57. The molecule has 2 aromatic carbocycles. The van der Waals surface area contributed by atoms with Gasteiger partial charge in [-0.3, -0.25) is 9.10 Å². The molecular weight excluding hydrogens is 389 g/mol. The Labute approximate surface area is 161 Å². The summed E-state index contributed by atoms with van der Waals surface area (Å²) in [5.41, 5.74) is 1.25. The molecule has 148 valence electrons. The standard InChI is InChI=1S/C19H18FNO6S/c1-26-14-4-5-15(16(20)10-14)19(23)27-11-18(22)13-3-6-17-12(9-13)7-8-21(17)28(2,24)25/h3-6,9-10H,7-8,11H2,1-2H3. The van der Waals surface area contributed by atoms with Crippen LogP contribution in [0, 0.1) is 5.82 Å². The summed E-state index contributed by atoms with van der Waals surface area (Å²) in [4.78, 5) is 24.3. The third kappa shape index (κ3) is 3.99. The van der Waals surface area contributed by atoms with Crippen molar-refractivity contribution in [3.8, 4) is 5.75 Å². The molecule has 0 N–H and O–H groups in total. The number of nitrogens with zero attached hydrogens (tertiary/aromatic N) is 1. The molecule has 0 saturated carbocycles. The highest BCUT2D eigenvalue weighted by molar-refractivity contribution is 7.92. The number of Topliss-reactive ketones (excluding diaryl/α,β-unsaturated/α-hetero) is 1. The maximum Gasteiger partial charge on any atom is 0.341 e. The van der Waals surface area contributed by atoms with Crippen molar-refractivity contribution in [2.45, 2.75) is 6.42 Å². The summed E-state index contributed by atoms with van der Waals surface area (Å²) in [6.07, 6.45) is 1.61. The molecule has 1 aliphatic heterocycles. The van der Waals surface area contributed by atoms with Gasteiger partial charge in [0.2, 0.25) is 10.0 Å². The minimum atomic E-state index is -3.38. The second-order valence-corrected chi connectivity index (χ2v) is 8.18. The van der Waals surface area contributed by atoms with Crippen molar-refractivity contribution in [2.24, 2.45) is 0 Å². The van der Waals surface area contributed by atoms with E-state index < -0.39 is 34.2 Å². The SMILES string of the molecule is COc1ccc(C(=O)OCC(=O)c2ccc3c(c2)CCN3S(C)(=O)=O)c(F)c1. The van der Waals surface area contributed by atoms with Gasteiger partial charge in [0, 0.05) is 18.2 Å². The van der Waals surface area contributed by atoms with Gasteiger partial charge in [0.1, 0.15) is 11.6 Å². The first-order valence-electron chi connectivity index (χ1n) is 8.35. The van der Waals surface area contributed by atoms with E-state index in [1.165, 1.54) is 29.6 Å². The number of anilines is 1. The van der Waals surface area contributed by atoms with E-state index in [0.29, 0.717) is 18.7 Å². The van der Waals surface area contributed by atoms with Gasteiger partial charge in [-0.2, -0.15) is 0 Å². The minimum absolute atomic E-state index is 0.256. The number of fused-ring (bicyclic) bond motifs is 1. The van der Waals surface area contributed by atoms with Crippen LogP contribution in [0.1, 0.15) is 26.3 Å². The van der Waals surface area contributed by atoms with Crippen LogP contribution in [0.2, 0.25) is 0 Å². The molecule has 0 spiro atoms. The van der Waals surface area contributed by atoms with E-state index in [1.54, 1.807) is 12.1 Å². The smallest absolute Gasteiger partial charge is 0.341 e. The largest absolute Gasteiger partial charge is 0.497 e. The normalized spacial score (nSPS) is 13.2. The number of ketones is 1. The first-order valence-corrected chi connectivity index (χ1v) is 10.2. The molecule has 3 rings (SSSR count). The number of hydrogen-bond acceptors (Lipinski definition) is 6. The van der Waals surface area contributed by atoms with Gasteiger partial charge in [-0.25, -0.2) is 17.6 Å². The summed E-state index contributed by atoms with van der Waals surface area (Å²) in [5, 5.41) is 0. The molecule has 1 aliphatic rings. The van der Waals surface area contributed by atoms with Crippen LogP contribution in [-0.4, -0.2) is 46.7 Å². The number of sulfonamides is 1. The lowest BCUT2D eigenvalue weighted by Crippen LogP contribution is -2.27. The Balaban J connectivity index is 1.68. The summed E-state index contributed by atoms with van der Waals surface area (Å²) < 4.78 is 48.5. The van der Waals surface area contributed by atoms with Crippen molar-refractivity contribution < 1.29 is 31.9 Å². The Morgan fingerprint density at radius 3 is 2.57 bits per heavy atom. The van der Waals surface area contributed by atoms with Gasteiger partial charge in [-0.15, -0.1) is 0 Å². The van der Waals surface area contributed by atoms with Crippen molar-refractivity contribution in [3.63, 3.8) is 0 Å². The summed E-state index contributed by atoms with van der Waals surface area (Å²) >= 11 is 0. The molecule has 0 saturated heterocycles. The fourth-order valence-electron chi connectivity index (χ4n) is 2.97. The molecule has 7 nitrogen and oxygen atoms in total. The fraction of sp³-hybridized carbons (Fsp3) is 0.263. The summed E-state index contributed by atoms with van der Waals surface area (Å²) in [7, 11) is -2.00. The fourth-order valence-corrected chi connectivity index (χ4v) is 3.93. The summed E-state index contributed by atoms with van der Waals surface area (Å²) in [6, 6.07) is 8.30. The molecule has 0 fully saturated rings. The highest BCUT2D eigenvalue weighted by atomic mass is 32.2. The molecule has 0 amide bonds. The maximum atomic E-state index is 13.9. The van der Waals surface area contributed by atoms with E-state index in [4.69, 9.17) is 9.47 Å². The van der Waals surface area contributed by atoms with E-state index in [1.807, 2.05) is 0 Å². The molecule has 1 heterocycles. The van der Waals surface area contributed by atoms with Crippen LogP contribution < -0.4 is 9.04 Å². The van der Waals surface area contributed by atoms with Crippen LogP contribution in [0.15, 0.2) is 36.4 Å². The van der Waals surface area contributed by atoms with Gasteiger partial charge in [-0.1, -0.05) is 0 Å². The van der Waals surface area contributed by atoms with Crippen LogP contribution in [0.4, 0.5) is 10.1 Å². The number of benzene rings is 2. The van der Waals surface area contributed by atoms with Crippen LogP contribution in [0.25, 0.3) is 0 Å². The maximum absolute atomic E-state index is 13.9. The Bertz CT molecular complexity index is 1050. The zero-order chi connectivity index (χ0) is 20.5. The van der Waals surface area contributed by atoms with E-state index in [0.717, 1.165) is 17.9 Å². The summed E-state index contributed by atoms with van der Waals surface area (Å²) in [5.74, 6) is -1.98. The second kappa shape index (κ2) is 7.59. The zero-order valence-corrected chi connectivity index (χ0v) is 16.1. The highest BCUT2D eigenvalue weighted by Crippen LogP contribution is 2.30. The lowest BCUT2D eigenvalue weighted by molar-refractivity contribution is 0.0470. The van der Waals surface area contributed by atoms with Gasteiger partial charge >= 0.3 is 5.97 Å². The topological polar surface area (TPSA) is 90.0 Å². The Kier molecular flexibility index (Phi) is 5.37. The minimum Gasteiger partial charge on any atom is -0.497 e. The van der Waals surface area contributed by atoms with E-state index in [-0.39, 0.29) is 16.9 Å². The average Bonchev–Trinajstić information content (AvgIpc) is 3.09. The summed E-state index contributed by atoms with van der Waals surface area (Å²) in [6.45, 7) is -0.240. The Morgan fingerprint density at radius 1 is 1.18 bits per heavy atom. The quantitative estimate of drug-likeness (QED) is 0.539. The molecule has 0 bridgehead atoms.